The predicted octanol–water partition coefficient (Wildman–Crippen LogP) is 2.75. The van der Waals surface area contributed by atoms with Gasteiger partial charge in [-0.2, -0.15) is 5.10 Å². The van der Waals surface area contributed by atoms with Gasteiger partial charge in [0, 0.05) is 38.5 Å². The third kappa shape index (κ3) is 4.77. The molecule has 3 rings (SSSR count). The van der Waals surface area contributed by atoms with Gasteiger partial charge in [0.15, 0.2) is 11.6 Å². The molecular weight excluding hydrogens is 318 g/mol. The molecule has 0 atom stereocenters. The smallest absolute Gasteiger partial charge is 0.225 e. The molecule has 1 amide bonds. The molecule has 0 aliphatic carbocycles. The number of hydrogen-bond acceptors (Lipinski definition) is 4. The number of nitrogens with zero attached hydrogens (tertiary/aromatic N) is 3. The van der Waals surface area contributed by atoms with Gasteiger partial charge in [-0.15, -0.1) is 0 Å². The Labute approximate surface area is 146 Å². The molecule has 1 aromatic carbocycles. The summed E-state index contributed by atoms with van der Waals surface area (Å²) in [6.07, 6.45) is 4.61. The molecule has 0 unspecified atom stereocenters. The molecule has 0 aliphatic rings. The maximum atomic E-state index is 12.0. The molecule has 0 aliphatic heterocycles. The maximum Gasteiger partial charge on any atom is 0.225 e. The van der Waals surface area contributed by atoms with E-state index in [-0.39, 0.29) is 5.91 Å². The van der Waals surface area contributed by atoms with Crippen LogP contribution < -0.4 is 5.32 Å². The fourth-order valence-corrected chi connectivity index (χ4v) is 2.43. The zero-order chi connectivity index (χ0) is 17.5. The summed E-state index contributed by atoms with van der Waals surface area (Å²) >= 11 is 0. The van der Waals surface area contributed by atoms with Gasteiger partial charge in [-0.1, -0.05) is 30.3 Å². The fourth-order valence-electron chi connectivity index (χ4n) is 2.43. The number of rotatable bonds is 8. The van der Waals surface area contributed by atoms with E-state index in [0.29, 0.717) is 31.9 Å². The number of carbonyl (C=O) groups is 1. The van der Waals surface area contributed by atoms with Crippen molar-refractivity contribution in [3.63, 3.8) is 0 Å². The van der Waals surface area contributed by atoms with Gasteiger partial charge in [0.25, 0.3) is 0 Å². The normalized spacial score (nSPS) is 10.8. The lowest BCUT2D eigenvalue weighted by Gasteiger charge is -2.04. The monoisotopic (exact) mass is 339 g/mol. The average molecular weight is 339 g/mol. The van der Waals surface area contributed by atoms with Gasteiger partial charge < -0.3 is 14.6 Å². The minimum atomic E-state index is -0.0822. The molecule has 130 valence electrons. The summed E-state index contributed by atoms with van der Waals surface area (Å²) in [6, 6.07) is 11.7. The molecule has 0 spiro atoms. The molecule has 25 heavy (non-hydrogen) atoms. The first-order chi connectivity index (χ1) is 12.2. The van der Waals surface area contributed by atoms with E-state index in [0.717, 1.165) is 17.1 Å². The van der Waals surface area contributed by atoms with E-state index in [1.54, 1.807) is 12.3 Å². The van der Waals surface area contributed by atoms with Gasteiger partial charge in [0.05, 0.1) is 6.61 Å². The van der Waals surface area contributed by atoms with E-state index in [9.17, 15) is 4.79 Å². The quantitative estimate of drug-likeness (QED) is 0.618. The lowest BCUT2D eigenvalue weighted by Crippen LogP contribution is -2.12. The number of benzene rings is 1. The van der Waals surface area contributed by atoms with Crippen LogP contribution in [0.25, 0.3) is 11.5 Å². The number of anilines is 1. The Balaban J connectivity index is 1.38. The van der Waals surface area contributed by atoms with Crippen molar-refractivity contribution in [1.82, 2.24) is 19.7 Å². The van der Waals surface area contributed by atoms with E-state index in [1.807, 2.05) is 48.1 Å². The minimum absolute atomic E-state index is 0.0822. The molecule has 7 nitrogen and oxygen atoms in total. The number of carbonyl (C=O) groups excluding carboxylic acids is 1. The largest absolute Gasteiger partial charge is 0.377 e. The topological polar surface area (TPSA) is 84.8 Å². The minimum Gasteiger partial charge on any atom is -0.377 e. The van der Waals surface area contributed by atoms with Gasteiger partial charge >= 0.3 is 0 Å². The van der Waals surface area contributed by atoms with Crippen molar-refractivity contribution >= 4 is 11.7 Å². The summed E-state index contributed by atoms with van der Waals surface area (Å²) < 4.78 is 7.45. The van der Waals surface area contributed by atoms with Crippen LogP contribution in [0.2, 0.25) is 0 Å². The van der Waals surface area contributed by atoms with Gasteiger partial charge in [-0.3, -0.25) is 9.89 Å². The summed E-state index contributed by atoms with van der Waals surface area (Å²) in [5.74, 6) is 1.18. The van der Waals surface area contributed by atoms with Crippen LogP contribution in [0.4, 0.5) is 5.82 Å². The maximum absolute atomic E-state index is 12.0. The van der Waals surface area contributed by atoms with Gasteiger partial charge in [0.2, 0.25) is 5.91 Å². The van der Waals surface area contributed by atoms with Crippen molar-refractivity contribution < 1.29 is 9.53 Å². The second-order valence-electron chi connectivity index (χ2n) is 5.72. The predicted molar refractivity (Wildman–Crippen MR) is 94.8 cm³/mol. The van der Waals surface area contributed by atoms with Crippen LogP contribution in [-0.2, 0) is 23.2 Å². The summed E-state index contributed by atoms with van der Waals surface area (Å²) in [4.78, 5) is 16.2. The highest BCUT2D eigenvalue weighted by Gasteiger charge is 2.10. The Bertz CT molecular complexity index is 810. The molecule has 3 aromatic rings. The lowest BCUT2D eigenvalue weighted by atomic mass is 10.2. The van der Waals surface area contributed by atoms with E-state index in [2.05, 4.69) is 20.5 Å². The molecule has 0 fully saturated rings. The van der Waals surface area contributed by atoms with Crippen molar-refractivity contribution in [3.05, 3.63) is 54.4 Å². The van der Waals surface area contributed by atoms with Crippen LogP contribution >= 0.6 is 0 Å². The van der Waals surface area contributed by atoms with Crippen LogP contribution in [0, 0.1) is 0 Å². The van der Waals surface area contributed by atoms with Crippen LogP contribution in [0.1, 0.15) is 18.4 Å². The van der Waals surface area contributed by atoms with Crippen molar-refractivity contribution in [1.29, 1.82) is 0 Å². The number of hydrogen-bond donors (Lipinski definition) is 2. The van der Waals surface area contributed by atoms with E-state index < -0.39 is 0 Å². The Morgan fingerprint density at radius 1 is 1.32 bits per heavy atom. The van der Waals surface area contributed by atoms with Gasteiger partial charge in [0.1, 0.15) is 5.69 Å². The van der Waals surface area contributed by atoms with Crippen molar-refractivity contribution in [2.24, 2.45) is 7.05 Å². The van der Waals surface area contributed by atoms with Crippen molar-refractivity contribution in [2.45, 2.75) is 19.4 Å². The molecule has 7 heteroatoms. The number of aromatic nitrogens is 4. The van der Waals surface area contributed by atoms with Crippen LogP contribution in [0.5, 0.6) is 0 Å². The van der Waals surface area contributed by atoms with Crippen molar-refractivity contribution in [2.75, 3.05) is 11.9 Å². The molecule has 0 saturated carbocycles. The number of H-pyrrole nitrogens is 1. The fraction of sp³-hybridized carbons (Fsp3) is 0.278. The SMILES string of the molecule is Cn1ccnc1-c1cc(NC(=O)CCCOCc2ccccc2)n[nH]1. The number of aromatic amines is 1. The zero-order valence-electron chi connectivity index (χ0n) is 14.1. The number of amides is 1. The molecule has 0 radical (unpaired) electrons. The summed E-state index contributed by atoms with van der Waals surface area (Å²) in [5.41, 5.74) is 1.89. The molecule has 2 heterocycles. The second-order valence-corrected chi connectivity index (χ2v) is 5.72. The number of aryl methyl sites for hydroxylation is 1. The molecule has 0 saturated heterocycles. The number of imidazole rings is 1. The standard InChI is InChI=1S/C18H21N5O2/c1-23-10-9-19-18(23)15-12-16(22-21-15)20-17(24)8-5-11-25-13-14-6-3-2-4-7-14/h2-4,6-7,9-10,12H,5,8,11,13H2,1H3,(H2,20,21,22,24). The third-order valence-corrected chi connectivity index (χ3v) is 3.71. The van der Waals surface area contributed by atoms with Crippen molar-refractivity contribution in [3.8, 4) is 11.5 Å². The Morgan fingerprint density at radius 3 is 2.92 bits per heavy atom. The number of ether oxygens (including phenoxy) is 1. The first kappa shape index (κ1) is 16.9. The average Bonchev–Trinajstić information content (AvgIpc) is 3.24. The van der Waals surface area contributed by atoms with E-state index in [1.165, 1.54) is 0 Å². The third-order valence-electron chi connectivity index (χ3n) is 3.71. The molecule has 2 N–H and O–H groups in total. The Hall–Kier alpha value is -2.93. The highest BCUT2D eigenvalue weighted by Crippen LogP contribution is 2.17. The molecule has 2 aromatic heterocycles. The van der Waals surface area contributed by atoms with E-state index >= 15 is 0 Å². The lowest BCUT2D eigenvalue weighted by molar-refractivity contribution is -0.116. The highest BCUT2D eigenvalue weighted by molar-refractivity contribution is 5.90. The van der Waals surface area contributed by atoms with Crippen LogP contribution in [-0.4, -0.2) is 32.3 Å². The summed E-state index contributed by atoms with van der Waals surface area (Å²) in [5, 5.41) is 9.75. The number of nitrogens with one attached hydrogen (secondary N) is 2. The zero-order valence-corrected chi connectivity index (χ0v) is 14.1. The van der Waals surface area contributed by atoms with Crippen LogP contribution in [0.3, 0.4) is 0 Å². The highest BCUT2D eigenvalue weighted by atomic mass is 16.5. The van der Waals surface area contributed by atoms with Gasteiger partial charge in [-0.25, -0.2) is 4.98 Å². The Morgan fingerprint density at radius 2 is 2.16 bits per heavy atom. The van der Waals surface area contributed by atoms with E-state index in [4.69, 9.17) is 4.74 Å². The first-order valence-electron chi connectivity index (χ1n) is 8.17. The second kappa shape index (κ2) is 8.25. The van der Waals surface area contributed by atoms with Crippen LogP contribution in [0.15, 0.2) is 48.8 Å². The molecule has 0 bridgehead atoms. The van der Waals surface area contributed by atoms with Gasteiger partial charge in [-0.05, 0) is 12.0 Å². The summed E-state index contributed by atoms with van der Waals surface area (Å²) in [6.45, 7) is 1.11. The Kier molecular flexibility index (Phi) is 5.58. The first-order valence-corrected chi connectivity index (χ1v) is 8.17. The summed E-state index contributed by atoms with van der Waals surface area (Å²) in [7, 11) is 1.90. The molecular formula is C18H21N5O2.